The minimum atomic E-state index is 0.987. The summed E-state index contributed by atoms with van der Waals surface area (Å²) >= 11 is 0. The Morgan fingerprint density at radius 3 is 3.15 bits per heavy atom. The Kier molecular flexibility index (Phi) is 1.73. The van der Waals surface area contributed by atoms with Gasteiger partial charge in [-0.25, -0.2) is 9.66 Å². The molecule has 0 bridgehead atoms. The summed E-state index contributed by atoms with van der Waals surface area (Å²) in [4.78, 5) is 7.77. The summed E-state index contributed by atoms with van der Waals surface area (Å²) in [5.41, 5.74) is 2.05. The van der Waals surface area contributed by atoms with Crippen LogP contribution in [0.3, 0.4) is 0 Å². The first kappa shape index (κ1) is 7.79. The predicted molar refractivity (Wildman–Crippen MR) is 53.0 cm³/mol. The van der Waals surface area contributed by atoms with Crippen molar-refractivity contribution in [3.63, 3.8) is 0 Å². The number of fused-ring (bicyclic) bond motifs is 1. The molecule has 0 spiro atoms. The quantitative estimate of drug-likeness (QED) is 0.595. The fraction of sp³-hybridized carbons (Fsp3) is 0.111. The third-order valence-electron chi connectivity index (χ3n) is 1.99. The second-order valence-corrected chi connectivity index (χ2v) is 2.76. The van der Waals surface area contributed by atoms with Crippen molar-refractivity contribution in [3.05, 3.63) is 36.2 Å². The molecular weight excluding hydrogens is 164 g/mol. The van der Waals surface area contributed by atoms with Crippen LogP contribution in [0, 0.1) is 0 Å². The Hall–Kier alpha value is -1.84. The average molecular weight is 174 g/mol. The van der Waals surface area contributed by atoms with Crippen molar-refractivity contribution in [2.75, 3.05) is 12.1 Å². The van der Waals surface area contributed by atoms with Crippen LogP contribution in [-0.4, -0.2) is 23.4 Å². The van der Waals surface area contributed by atoms with Gasteiger partial charge in [-0.15, -0.1) is 0 Å². The van der Waals surface area contributed by atoms with Crippen molar-refractivity contribution in [2.45, 2.75) is 0 Å². The van der Waals surface area contributed by atoms with Gasteiger partial charge in [-0.2, -0.15) is 0 Å². The normalized spacial score (nSPS) is 17.6. The number of imidazole rings is 1. The highest BCUT2D eigenvalue weighted by Gasteiger charge is 2.11. The van der Waals surface area contributed by atoms with E-state index in [9.17, 15) is 0 Å². The average Bonchev–Trinajstić information content (AvgIpc) is 2.58. The van der Waals surface area contributed by atoms with Crippen LogP contribution in [0.15, 0.2) is 35.5 Å². The summed E-state index contributed by atoms with van der Waals surface area (Å²) in [7, 11) is 1.95. The molecule has 66 valence electrons. The van der Waals surface area contributed by atoms with E-state index in [-0.39, 0.29) is 0 Å². The number of rotatable bonds is 1. The lowest BCUT2D eigenvalue weighted by Gasteiger charge is -2.25. The highest BCUT2D eigenvalue weighted by atomic mass is 15.6. The molecule has 1 aromatic heterocycles. The van der Waals surface area contributed by atoms with Crippen LogP contribution in [0.1, 0.15) is 5.69 Å². The molecule has 1 aromatic rings. The molecule has 0 N–H and O–H groups in total. The molecule has 2 rings (SSSR count). The van der Waals surface area contributed by atoms with Crippen molar-refractivity contribution in [1.82, 2.24) is 9.66 Å². The molecule has 0 fully saturated rings. The van der Waals surface area contributed by atoms with Gasteiger partial charge in [0.15, 0.2) is 0 Å². The van der Waals surface area contributed by atoms with Crippen LogP contribution >= 0.6 is 0 Å². The summed E-state index contributed by atoms with van der Waals surface area (Å²) in [6, 6.07) is 0. The molecule has 4 nitrogen and oxygen atoms in total. The lowest BCUT2D eigenvalue weighted by atomic mass is 10.3. The highest BCUT2D eigenvalue weighted by molar-refractivity contribution is 5.55. The maximum absolute atomic E-state index is 4.05. The smallest absolute Gasteiger partial charge is 0.115 e. The largest absolute Gasteiger partial charge is 0.281 e. The van der Waals surface area contributed by atoms with Crippen molar-refractivity contribution in [3.8, 4) is 0 Å². The molecule has 0 aliphatic carbocycles. The van der Waals surface area contributed by atoms with Crippen LogP contribution in [0.25, 0.3) is 6.08 Å². The zero-order valence-corrected chi connectivity index (χ0v) is 7.38. The van der Waals surface area contributed by atoms with Gasteiger partial charge < -0.3 is 0 Å². The van der Waals surface area contributed by atoms with Crippen molar-refractivity contribution < 1.29 is 0 Å². The van der Waals surface area contributed by atoms with Gasteiger partial charge in [-0.3, -0.25) is 10.0 Å². The van der Waals surface area contributed by atoms with E-state index in [4.69, 9.17) is 0 Å². The second kappa shape index (κ2) is 2.90. The van der Waals surface area contributed by atoms with E-state index in [1.54, 1.807) is 12.5 Å². The number of likely N-dealkylation sites (N-methyl/N-ethyl adjacent to an activating group) is 1. The van der Waals surface area contributed by atoms with Gasteiger partial charge in [0.2, 0.25) is 0 Å². The third-order valence-corrected chi connectivity index (χ3v) is 1.99. The fourth-order valence-corrected chi connectivity index (χ4v) is 1.29. The Balaban J connectivity index is 2.46. The van der Waals surface area contributed by atoms with Gasteiger partial charge in [0.1, 0.15) is 6.33 Å². The van der Waals surface area contributed by atoms with Crippen molar-refractivity contribution >= 4 is 12.8 Å². The third kappa shape index (κ3) is 1.16. The summed E-state index contributed by atoms with van der Waals surface area (Å²) in [6.07, 6.45) is 9.25. The van der Waals surface area contributed by atoms with E-state index in [1.807, 2.05) is 35.1 Å². The standard InChI is InChI=1S/C9H10N4/c1-10-5-8-3-4-9-6-11-7-13(9)12(8)2/h3-7H,1H2,2H3. The van der Waals surface area contributed by atoms with E-state index in [1.165, 1.54) is 0 Å². The Morgan fingerprint density at radius 1 is 1.54 bits per heavy atom. The number of aliphatic imine (C=N–C) groups is 1. The number of allylic oxidation sites excluding steroid dienone is 1. The number of hydrogen-bond acceptors (Lipinski definition) is 3. The predicted octanol–water partition coefficient (Wildman–Crippen LogP) is 1.02. The van der Waals surface area contributed by atoms with Gasteiger partial charge in [-0.1, -0.05) is 0 Å². The SMILES string of the molecule is C=NC=C1C=Cc2cncn2N1C. The molecule has 0 aromatic carbocycles. The lowest BCUT2D eigenvalue weighted by molar-refractivity contribution is 0.726. The first-order valence-electron chi connectivity index (χ1n) is 3.93. The first-order valence-corrected chi connectivity index (χ1v) is 3.93. The van der Waals surface area contributed by atoms with Crippen molar-refractivity contribution in [2.24, 2.45) is 4.99 Å². The second-order valence-electron chi connectivity index (χ2n) is 2.76. The van der Waals surface area contributed by atoms with E-state index in [0.717, 1.165) is 11.4 Å². The number of hydrogen-bond donors (Lipinski definition) is 0. The van der Waals surface area contributed by atoms with E-state index < -0.39 is 0 Å². The molecule has 0 atom stereocenters. The van der Waals surface area contributed by atoms with Crippen LogP contribution in [0.5, 0.6) is 0 Å². The number of aromatic nitrogens is 2. The minimum Gasteiger partial charge on any atom is -0.281 e. The zero-order chi connectivity index (χ0) is 9.26. The molecule has 4 heteroatoms. The molecule has 0 saturated heterocycles. The molecule has 0 radical (unpaired) electrons. The van der Waals surface area contributed by atoms with E-state index in [0.29, 0.717) is 0 Å². The van der Waals surface area contributed by atoms with Gasteiger partial charge in [0.05, 0.1) is 23.8 Å². The maximum Gasteiger partial charge on any atom is 0.115 e. The van der Waals surface area contributed by atoms with Gasteiger partial charge in [0, 0.05) is 7.05 Å². The minimum absolute atomic E-state index is 0.987. The fourth-order valence-electron chi connectivity index (χ4n) is 1.29. The molecule has 1 aliphatic rings. The van der Waals surface area contributed by atoms with E-state index >= 15 is 0 Å². The molecular formula is C9H10N4. The molecule has 13 heavy (non-hydrogen) atoms. The van der Waals surface area contributed by atoms with Crippen molar-refractivity contribution in [1.29, 1.82) is 0 Å². The molecule has 0 amide bonds. The summed E-state index contributed by atoms with van der Waals surface area (Å²) in [5.74, 6) is 0. The lowest BCUT2D eigenvalue weighted by Crippen LogP contribution is -2.30. The molecule has 2 heterocycles. The summed E-state index contributed by atoms with van der Waals surface area (Å²) in [6.45, 7) is 3.42. The van der Waals surface area contributed by atoms with Gasteiger partial charge >= 0.3 is 0 Å². The van der Waals surface area contributed by atoms with Gasteiger partial charge in [-0.05, 0) is 18.9 Å². The molecule has 0 unspecified atom stereocenters. The monoisotopic (exact) mass is 174 g/mol. The van der Waals surface area contributed by atoms with Crippen LogP contribution < -0.4 is 5.01 Å². The molecule has 1 aliphatic heterocycles. The Bertz CT molecular complexity index is 386. The Morgan fingerprint density at radius 2 is 2.38 bits per heavy atom. The maximum atomic E-state index is 4.05. The van der Waals surface area contributed by atoms with Crippen LogP contribution in [-0.2, 0) is 0 Å². The first-order chi connectivity index (χ1) is 6.33. The topological polar surface area (TPSA) is 33.4 Å². The zero-order valence-electron chi connectivity index (χ0n) is 7.38. The van der Waals surface area contributed by atoms with Crippen LogP contribution in [0.2, 0.25) is 0 Å². The highest BCUT2D eigenvalue weighted by Crippen LogP contribution is 2.15. The van der Waals surface area contributed by atoms with Crippen LogP contribution in [0.4, 0.5) is 0 Å². The molecule has 0 saturated carbocycles. The van der Waals surface area contributed by atoms with Gasteiger partial charge in [0.25, 0.3) is 0 Å². The summed E-state index contributed by atoms with van der Waals surface area (Å²) < 4.78 is 1.94. The Labute approximate surface area is 76.5 Å². The number of nitrogens with zero attached hydrogens (tertiary/aromatic N) is 4. The van der Waals surface area contributed by atoms with E-state index in [2.05, 4.69) is 16.7 Å². The summed E-state index contributed by atoms with van der Waals surface area (Å²) in [5, 5.41) is 1.96.